The molecule has 6 nitrogen and oxygen atoms in total. The molecule has 168 valence electrons. The molecule has 3 aromatic rings. The summed E-state index contributed by atoms with van der Waals surface area (Å²) in [4.78, 5) is 22.5. The number of aromatic hydroxyl groups is 2. The molecule has 0 radical (unpaired) electrons. The zero-order valence-electron chi connectivity index (χ0n) is 17.8. The van der Waals surface area contributed by atoms with Crippen LogP contribution in [0.5, 0.6) is 11.5 Å². The number of ether oxygens (including phenoxy) is 1. The maximum Gasteiger partial charge on any atom is 0.338 e. The Hall–Kier alpha value is -3.80. The van der Waals surface area contributed by atoms with E-state index in [1.807, 2.05) is 12.1 Å². The lowest BCUT2D eigenvalue weighted by Gasteiger charge is -2.21. The predicted octanol–water partition coefficient (Wildman–Crippen LogP) is 5.66. The lowest BCUT2D eigenvalue weighted by atomic mass is 9.98. The highest BCUT2D eigenvalue weighted by Gasteiger charge is 2.18. The number of rotatable bonds is 3. The molecule has 3 N–H and O–H groups in total. The number of phenolic OH excluding ortho intramolecular Hbond substituents is 2. The summed E-state index contributed by atoms with van der Waals surface area (Å²) in [5.41, 5.74) is 0.579. The minimum absolute atomic E-state index is 0.0189. The molecule has 1 saturated carbocycles. The molecular weight excluding hydrogens is 408 g/mol. The Labute approximate surface area is 187 Å². The van der Waals surface area contributed by atoms with Crippen molar-refractivity contribution in [1.29, 1.82) is 0 Å². The van der Waals surface area contributed by atoms with Gasteiger partial charge in [-0.05, 0) is 74.2 Å². The van der Waals surface area contributed by atoms with Crippen LogP contribution in [0.3, 0.4) is 0 Å². The van der Waals surface area contributed by atoms with E-state index in [1.165, 1.54) is 30.7 Å². The zero-order chi connectivity index (χ0) is 23.2. The van der Waals surface area contributed by atoms with Crippen molar-refractivity contribution in [2.75, 3.05) is 0 Å². The molecule has 0 aliphatic heterocycles. The third-order valence-corrected chi connectivity index (χ3v) is 4.71. The first-order valence-electron chi connectivity index (χ1n) is 10.5. The molecule has 1 aliphatic rings. The second kappa shape index (κ2) is 13.5. The maximum absolute atomic E-state index is 11.8. The Morgan fingerprint density at radius 2 is 1.09 bits per heavy atom. The lowest BCUT2D eigenvalue weighted by Crippen LogP contribution is -2.20. The van der Waals surface area contributed by atoms with E-state index in [2.05, 4.69) is 0 Å². The number of carboxylic acids is 1. The summed E-state index contributed by atoms with van der Waals surface area (Å²) < 4.78 is 5.39. The van der Waals surface area contributed by atoms with Gasteiger partial charge in [0.05, 0.1) is 11.1 Å². The van der Waals surface area contributed by atoms with Crippen LogP contribution in [0.4, 0.5) is 0 Å². The van der Waals surface area contributed by atoms with Crippen LogP contribution < -0.4 is 0 Å². The van der Waals surface area contributed by atoms with Crippen LogP contribution in [0.1, 0.15) is 52.8 Å². The fraction of sp³-hybridized carbons (Fsp3) is 0.231. The molecule has 0 atom stereocenters. The van der Waals surface area contributed by atoms with E-state index in [-0.39, 0.29) is 17.6 Å². The standard InChI is InChI=1S/C14H16O4.2C6H6O/c15-13(16)10-6-8-11(9-7-10)14(17)18-12-4-2-1-3-5-12;2*7-6-4-2-1-3-5-6/h6-9,12H,1-5H2,(H,15,16);2*1-5,7H. The molecule has 0 amide bonds. The third kappa shape index (κ3) is 9.34. The number of carbonyl (C=O) groups is 2. The number of hydrogen-bond acceptors (Lipinski definition) is 5. The van der Waals surface area contributed by atoms with Gasteiger partial charge < -0.3 is 20.1 Å². The van der Waals surface area contributed by atoms with Crippen LogP contribution in [0.2, 0.25) is 0 Å². The number of carbonyl (C=O) groups excluding carboxylic acids is 1. The van der Waals surface area contributed by atoms with Crippen LogP contribution in [0, 0.1) is 0 Å². The second-order valence-electron chi connectivity index (χ2n) is 7.22. The summed E-state index contributed by atoms with van der Waals surface area (Å²) in [6, 6.07) is 23.2. The molecule has 6 heteroatoms. The molecule has 1 fully saturated rings. The van der Waals surface area contributed by atoms with Gasteiger partial charge in [0.1, 0.15) is 17.6 Å². The van der Waals surface area contributed by atoms with E-state index in [0.717, 1.165) is 25.7 Å². The van der Waals surface area contributed by atoms with Gasteiger partial charge in [0.15, 0.2) is 0 Å². The highest BCUT2D eigenvalue weighted by molar-refractivity contribution is 5.92. The van der Waals surface area contributed by atoms with Gasteiger partial charge >= 0.3 is 11.9 Å². The van der Waals surface area contributed by atoms with E-state index in [0.29, 0.717) is 17.1 Å². The fourth-order valence-corrected chi connectivity index (χ4v) is 3.01. The topological polar surface area (TPSA) is 104 Å². The summed E-state index contributed by atoms with van der Waals surface area (Å²) in [5.74, 6) is -0.717. The molecular formula is C26H28O6. The molecule has 0 unspecified atom stereocenters. The van der Waals surface area contributed by atoms with Crippen LogP contribution in [-0.2, 0) is 4.74 Å². The Kier molecular flexibility index (Phi) is 10.3. The van der Waals surface area contributed by atoms with Crippen molar-refractivity contribution in [3.05, 3.63) is 96.1 Å². The predicted molar refractivity (Wildman–Crippen MR) is 122 cm³/mol. The SMILES string of the molecule is O=C(O)c1ccc(C(=O)OC2CCCCC2)cc1.Oc1ccccc1.Oc1ccccc1. The van der Waals surface area contributed by atoms with Gasteiger partial charge in [0, 0.05) is 0 Å². The van der Waals surface area contributed by atoms with Crippen molar-refractivity contribution in [2.24, 2.45) is 0 Å². The average Bonchev–Trinajstić information content (AvgIpc) is 2.82. The molecule has 3 aromatic carbocycles. The molecule has 0 heterocycles. The molecule has 0 spiro atoms. The van der Waals surface area contributed by atoms with Gasteiger partial charge in [-0.1, -0.05) is 42.8 Å². The van der Waals surface area contributed by atoms with Gasteiger partial charge in [-0.25, -0.2) is 9.59 Å². The summed E-state index contributed by atoms with van der Waals surface area (Å²) in [7, 11) is 0. The van der Waals surface area contributed by atoms with Crippen LogP contribution in [0.15, 0.2) is 84.9 Å². The third-order valence-electron chi connectivity index (χ3n) is 4.71. The molecule has 0 bridgehead atoms. The average molecular weight is 437 g/mol. The van der Waals surface area contributed by atoms with Crippen molar-refractivity contribution >= 4 is 11.9 Å². The van der Waals surface area contributed by atoms with Crippen LogP contribution in [0.25, 0.3) is 0 Å². The smallest absolute Gasteiger partial charge is 0.338 e. The van der Waals surface area contributed by atoms with Gasteiger partial charge in [-0.15, -0.1) is 0 Å². The largest absolute Gasteiger partial charge is 0.508 e. The maximum atomic E-state index is 11.8. The Balaban J connectivity index is 0.000000211. The van der Waals surface area contributed by atoms with E-state index >= 15 is 0 Å². The Morgan fingerprint density at radius 3 is 1.47 bits per heavy atom. The van der Waals surface area contributed by atoms with Crippen molar-refractivity contribution in [1.82, 2.24) is 0 Å². The quantitative estimate of drug-likeness (QED) is 0.458. The van der Waals surface area contributed by atoms with Crippen molar-refractivity contribution in [3.8, 4) is 11.5 Å². The number of hydrogen-bond donors (Lipinski definition) is 3. The first kappa shape index (κ1) is 24.5. The van der Waals surface area contributed by atoms with Gasteiger partial charge in [-0.2, -0.15) is 0 Å². The van der Waals surface area contributed by atoms with Gasteiger partial charge in [0.25, 0.3) is 0 Å². The van der Waals surface area contributed by atoms with Crippen molar-refractivity contribution < 1.29 is 29.6 Å². The second-order valence-corrected chi connectivity index (χ2v) is 7.22. The minimum Gasteiger partial charge on any atom is -0.508 e. The number of para-hydroxylation sites is 2. The molecule has 32 heavy (non-hydrogen) atoms. The Morgan fingerprint density at radius 1 is 0.656 bits per heavy atom. The van der Waals surface area contributed by atoms with Crippen LogP contribution in [-0.4, -0.2) is 33.4 Å². The van der Waals surface area contributed by atoms with Crippen molar-refractivity contribution in [2.45, 2.75) is 38.2 Å². The molecule has 1 aliphatic carbocycles. The number of phenols is 2. The highest BCUT2D eigenvalue weighted by atomic mass is 16.5. The van der Waals surface area contributed by atoms with E-state index < -0.39 is 5.97 Å². The summed E-state index contributed by atoms with van der Waals surface area (Å²) in [6.07, 6.45) is 5.30. The summed E-state index contributed by atoms with van der Waals surface area (Å²) >= 11 is 0. The fourth-order valence-electron chi connectivity index (χ4n) is 3.01. The summed E-state index contributed by atoms with van der Waals surface area (Å²) in [5, 5.41) is 26.0. The number of aromatic carboxylic acids is 1. The summed E-state index contributed by atoms with van der Waals surface area (Å²) in [6.45, 7) is 0. The molecule has 0 saturated heterocycles. The first-order chi connectivity index (χ1) is 15.5. The van der Waals surface area contributed by atoms with Crippen LogP contribution >= 0.6 is 0 Å². The monoisotopic (exact) mass is 436 g/mol. The zero-order valence-corrected chi connectivity index (χ0v) is 17.8. The van der Waals surface area contributed by atoms with E-state index in [4.69, 9.17) is 20.1 Å². The van der Waals surface area contributed by atoms with E-state index in [9.17, 15) is 9.59 Å². The lowest BCUT2D eigenvalue weighted by molar-refractivity contribution is 0.0210. The van der Waals surface area contributed by atoms with E-state index in [1.54, 1.807) is 48.5 Å². The number of benzene rings is 3. The molecule has 0 aromatic heterocycles. The van der Waals surface area contributed by atoms with Crippen molar-refractivity contribution in [3.63, 3.8) is 0 Å². The van der Waals surface area contributed by atoms with Gasteiger partial charge in [-0.3, -0.25) is 0 Å². The normalized spacial score (nSPS) is 12.9. The highest BCUT2D eigenvalue weighted by Crippen LogP contribution is 2.21. The van der Waals surface area contributed by atoms with Gasteiger partial charge in [0.2, 0.25) is 0 Å². The first-order valence-corrected chi connectivity index (χ1v) is 10.5. The minimum atomic E-state index is -0.998. The molecule has 4 rings (SSSR count). The number of esters is 1. The number of carboxylic acid groups (broad SMARTS) is 1. The Bertz CT molecular complexity index is 896.